The maximum Gasteiger partial charge on any atom is 0.117 e. The summed E-state index contributed by atoms with van der Waals surface area (Å²) in [4.78, 5) is 0. The minimum atomic E-state index is 0.296. The lowest BCUT2D eigenvalue weighted by atomic mass is 9.75. The summed E-state index contributed by atoms with van der Waals surface area (Å²) in [7, 11) is 0. The number of nitrogens with one attached hydrogen (secondary N) is 2. The maximum atomic E-state index is 9.32. The summed E-state index contributed by atoms with van der Waals surface area (Å²) in [5.41, 5.74) is 2.43. The second kappa shape index (κ2) is 2.56. The zero-order valence-corrected chi connectivity index (χ0v) is 8.01. The average molecular weight is 190 g/mol. The van der Waals surface area contributed by atoms with E-state index in [0.29, 0.717) is 11.3 Å². The molecule has 74 valence electrons. The molecule has 0 atom stereocenters. The molecule has 3 N–H and O–H groups in total. The summed E-state index contributed by atoms with van der Waals surface area (Å²) in [6.45, 7) is 0.976. The van der Waals surface area contributed by atoms with Crippen LogP contribution < -0.4 is 10.6 Å². The van der Waals surface area contributed by atoms with E-state index < -0.39 is 0 Å². The third kappa shape index (κ3) is 1.05. The van der Waals surface area contributed by atoms with Crippen LogP contribution >= 0.6 is 0 Å². The third-order valence-electron chi connectivity index (χ3n) is 3.33. The number of phenolic OH excluding ortho intramolecular Hbond substituents is 1. The molecule has 0 bridgehead atoms. The van der Waals surface area contributed by atoms with Crippen molar-refractivity contribution in [2.75, 3.05) is 17.2 Å². The summed E-state index contributed by atoms with van der Waals surface area (Å²) in [6.07, 6.45) is 3.82. The molecule has 1 fully saturated rings. The molecule has 14 heavy (non-hydrogen) atoms. The van der Waals surface area contributed by atoms with Gasteiger partial charge in [-0.15, -0.1) is 0 Å². The summed E-state index contributed by atoms with van der Waals surface area (Å²) in [5, 5.41) is 16.3. The van der Waals surface area contributed by atoms with Crippen LogP contribution in [0.4, 0.5) is 11.4 Å². The average Bonchev–Trinajstić information content (AvgIpc) is 2.15. The first-order valence-electron chi connectivity index (χ1n) is 5.13. The van der Waals surface area contributed by atoms with E-state index in [1.54, 1.807) is 12.1 Å². The van der Waals surface area contributed by atoms with Crippen LogP contribution in [0.1, 0.15) is 19.3 Å². The summed E-state index contributed by atoms with van der Waals surface area (Å²) in [6, 6.07) is 5.44. The Labute approximate surface area is 83.1 Å². The van der Waals surface area contributed by atoms with Crippen molar-refractivity contribution in [2.45, 2.75) is 24.8 Å². The fraction of sp³-hybridized carbons (Fsp3) is 0.455. The van der Waals surface area contributed by atoms with Crippen molar-refractivity contribution in [1.29, 1.82) is 0 Å². The minimum absolute atomic E-state index is 0.296. The maximum absolute atomic E-state index is 9.32. The lowest BCUT2D eigenvalue weighted by Gasteiger charge is -2.47. The van der Waals surface area contributed by atoms with Gasteiger partial charge in [0.05, 0.1) is 16.9 Å². The van der Waals surface area contributed by atoms with Gasteiger partial charge in [0.15, 0.2) is 0 Å². The molecule has 3 rings (SSSR count). The number of fused-ring (bicyclic) bond motifs is 1. The van der Waals surface area contributed by atoms with Gasteiger partial charge in [-0.05, 0) is 31.4 Å². The molecule has 1 spiro atoms. The second-order valence-electron chi connectivity index (χ2n) is 4.34. The fourth-order valence-electron chi connectivity index (χ4n) is 2.29. The number of benzene rings is 1. The Balaban J connectivity index is 1.94. The first-order chi connectivity index (χ1) is 6.77. The lowest BCUT2D eigenvalue weighted by molar-refractivity contribution is 0.291. The number of hydrogen-bond donors (Lipinski definition) is 3. The Morgan fingerprint density at radius 3 is 2.79 bits per heavy atom. The van der Waals surface area contributed by atoms with E-state index in [9.17, 15) is 5.11 Å². The zero-order chi connectivity index (χ0) is 9.60. The van der Waals surface area contributed by atoms with Gasteiger partial charge < -0.3 is 15.7 Å². The predicted molar refractivity (Wildman–Crippen MR) is 56.8 cm³/mol. The molecule has 1 aliphatic heterocycles. The Morgan fingerprint density at radius 2 is 2.07 bits per heavy atom. The highest BCUT2D eigenvalue weighted by molar-refractivity contribution is 5.74. The molecule has 3 nitrogen and oxygen atoms in total. The van der Waals surface area contributed by atoms with Crippen LogP contribution in [0.25, 0.3) is 0 Å². The van der Waals surface area contributed by atoms with Crippen molar-refractivity contribution >= 4 is 11.4 Å². The minimum Gasteiger partial charge on any atom is -0.508 e. The third-order valence-corrected chi connectivity index (χ3v) is 3.33. The normalized spacial score (nSPS) is 21.7. The van der Waals surface area contributed by atoms with Crippen LogP contribution in [-0.4, -0.2) is 17.2 Å². The van der Waals surface area contributed by atoms with E-state index in [-0.39, 0.29) is 0 Å². The Kier molecular flexibility index (Phi) is 1.46. The molecule has 3 heteroatoms. The largest absolute Gasteiger partial charge is 0.508 e. The van der Waals surface area contributed by atoms with Gasteiger partial charge in [-0.1, -0.05) is 0 Å². The number of hydrogen-bond acceptors (Lipinski definition) is 3. The highest BCUT2D eigenvalue weighted by Crippen LogP contribution is 2.41. The van der Waals surface area contributed by atoms with E-state index in [2.05, 4.69) is 10.6 Å². The van der Waals surface area contributed by atoms with Crippen molar-refractivity contribution in [3.63, 3.8) is 0 Å². The van der Waals surface area contributed by atoms with Crippen molar-refractivity contribution < 1.29 is 5.11 Å². The Hall–Kier alpha value is -1.38. The molecule has 1 saturated carbocycles. The molecule has 2 aliphatic rings. The van der Waals surface area contributed by atoms with E-state index in [0.717, 1.165) is 17.9 Å². The topological polar surface area (TPSA) is 44.3 Å². The van der Waals surface area contributed by atoms with Gasteiger partial charge in [-0.3, -0.25) is 0 Å². The van der Waals surface area contributed by atoms with Crippen molar-refractivity contribution in [3.05, 3.63) is 18.2 Å². The molecule has 0 saturated heterocycles. The van der Waals surface area contributed by atoms with Crippen molar-refractivity contribution in [3.8, 4) is 5.75 Å². The first kappa shape index (κ1) is 7.97. The van der Waals surface area contributed by atoms with E-state index >= 15 is 0 Å². The van der Waals surface area contributed by atoms with Crippen molar-refractivity contribution in [1.82, 2.24) is 0 Å². The zero-order valence-electron chi connectivity index (χ0n) is 8.01. The first-order valence-corrected chi connectivity index (χ1v) is 5.13. The van der Waals surface area contributed by atoms with Crippen LogP contribution in [-0.2, 0) is 0 Å². The molecule has 1 aromatic rings. The Bertz CT molecular complexity index is 372. The molecule has 0 radical (unpaired) electrons. The van der Waals surface area contributed by atoms with Crippen LogP contribution in [0, 0.1) is 0 Å². The van der Waals surface area contributed by atoms with Crippen LogP contribution in [0.5, 0.6) is 5.75 Å². The molecular weight excluding hydrogens is 176 g/mol. The molecule has 0 unspecified atom stereocenters. The number of phenols is 1. The van der Waals surface area contributed by atoms with Gasteiger partial charge in [0.1, 0.15) is 5.75 Å². The van der Waals surface area contributed by atoms with Crippen molar-refractivity contribution in [2.24, 2.45) is 0 Å². The highest BCUT2D eigenvalue weighted by atomic mass is 16.3. The highest BCUT2D eigenvalue weighted by Gasteiger charge is 2.39. The second-order valence-corrected chi connectivity index (χ2v) is 4.34. The predicted octanol–water partition coefficient (Wildman–Crippen LogP) is 2.15. The SMILES string of the molecule is Oc1ccc2c(c1)NCC1(CCC1)N2. The molecule has 0 amide bonds. The quantitative estimate of drug-likeness (QED) is 0.549. The van der Waals surface area contributed by atoms with Gasteiger partial charge in [-0.25, -0.2) is 0 Å². The summed E-state index contributed by atoms with van der Waals surface area (Å²) in [5.74, 6) is 0.322. The van der Waals surface area contributed by atoms with Gasteiger partial charge in [0.25, 0.3) is 0 Å². The van der Waals surface area contributed by atoms with E-state index in [1.807, 2.05) is 6.07 Å². The van der Waals surface area contributed by atoms with Crippen LogP contribution in [0.2, 0.25) is 0 Å². The van der Waals surface area contributed by atoms with Gasteiger partial charge in [-0.2, -0.15) is 0 Å². The molecular formula is C11H14N2O. The Morgan fingerprint density at radius 1 is 1.21 bits per heavy atom. The van der Waals surface area contributed by atoms with E-state index in [4.69, 9.17) is 0 Å². The van der Waals surface area contributed by atoms with Gasteiger partial charge >= 0.3 is 0 Å². The molecule has 1 aromatic carbocycles. The summed E-state index contributed by atoms with van der Waals surface area (Å²) >= 11 is 0. The monoisotopic (exact) mass is 190 g/mol. The lowest BCUT2D eigenvalue weighted by Crippen LogP contribution is -2.52. The van der Waals surface area contributed by atoms with E-state index in [1.165, 1.54) is 19.3 Å². The van der Waals surface area contributed by atoms with Crippen LogP contribution in [0.3, 0.4) is 0 Å². The summed E-state index contributed by atoms with van der Waals surface area (Å²) < 4.78 is 0. The fourth-order valence-corrected chi connectivity index (χ4v) is 2.29. The smallest absolute Gasteiger partial charge is 0.117 e. The molecule has 1 aliphatic carbocycles. The number of anilines is 2. The molecule has 0 aromatic heterocycles. The number of aromatic hydroxyl groups is 1. The standard InChI is InChI=1S/C11H14N2O/c14-8-2-3-9-10(6-8)12-7-11(13-9)4-1-5-11/h2-3,6,12-14H,1,4-5,7H2. The van der Waals surface area contributed by atoms with Gasteiger partial charge in [0, 0.05) is 12.6 Å². The molecule has 1 heterocycles. The van der Waals surface area contributed by atoms with Gasteiger partial charge in [0.2, 0.25) is 0 Å². The number of rotatable bonds is 0. The van der Waals surface area contributed by atoms with Crippen LogP contribution in [0.15, 0.2) is 18.2 Å².